The first-order valence-electron chi connectivity index (χ1n) is 7.90. The van der Waals surface area contributed by atoms with E-state index in [9.17, 15) is 19.7 Å². The Morgan fingerprint density at radius 2 is 2.04 bits per heavy atom. The van der Waals surface area contributed by atoms with Gasteiger partial charge in [-0.25, -0.2) is 9.79 Å². The van der Waals surface area contributed by atoms with E-state index in [4.69, 9.17) is 9.47 Å². The molecule has 0 aromatic heterocycles. The van der Waals surface area contributed by atoms with Crippen molar-refractivity contribution in [2.75, 3.05) is 0 Å². The van der Waals surface area contributed by atoms with Crippen LogP contribution in [0.25, 0.3) is 6.08 Å². The summed E-state index contributed by atoms with van der Waals surface area (Å²) in [4.78, 5) is 37.8. The molecule has 1 aliphatic rings. The number of ether oxygens (including phenoxy) is 2. The molecule has 0 bridgehead atoms. The lowest BCUT2D eigenvalue weighted by molar-refractivity contribution is -0.385. The lowest BCUT2D eigenvalue weighted by Crippen LogP contribution is -2.05. The first-order valence-corrected chi connectivity index (χ1v) is 7.90. The van der Waals surface area contributed by atoms with Gasteiger partial charge < -0.3 is 9.47 Å². The molecule has 3 rings (SSSR count). The highest BCUT2D eigenvalue weighted by atomic mass is 16.6. The van der Waals surface area contributed by atoms with Gasteiger partial charge >= 0.3 is 17.6 Å². The first kappa shape index (κ1) is 18.0. The van der Waals surface area contributed by atoms with Crippen molar-refractivity contribution in [1.82, 2.24) is 0 Å². The molecule has 0 aliphatic carbocycles. The molecule has 0 saturated carbocycles. The number of cyclic esters (lactones) is 1. The Bertz CT molecular complexity index is 1020. The second kappa shape index (κ2) is 7.20. The molecule has 2 aromatic carbocycles. The molecule has 0 spiro atoms. The minimum absolute atomic E-state index is 0.0149. The fourth-order valence-electron chi connectivity index (χ4n) is 2.48. The fraction of sp³-hybridized carbons (Fsp3) is 0.105. The standard InChI is InChI=1S/C19H14N2O6/c1-11-4-3-5-14(8-11)18-20-15(19(23)27-18)9-13-6-7-17(26-12(2)22)16(10-13)21(24)25/h3-10H,1-2H3/b15-9-. The van der Waals surface area contributed by atoms with E-state index >= 15 is 0 Å². The average molecular weight is 366 g/mol. The first-order chi connectivity index (χ1) is 12.8. The van der Waals surface area contributed by atoms with Crippen molar-refractivity contribution < 1.29 is 24.0 Å². The maximum absolute atomic E-state index is 12.1. The van der Waals surface area contributed by atoms with E-state index in [0.717, 1.165) is 12.5 Å². The van der Waals surface area contributed by atoms with E-state index in [1.54, 1.807) is 6.07 Å². The smallest absolute Gasteiger partial charge is 0.363 e. The molecule has 1 aliphatic heterocycles. The average Bonchev–Trinajstić information content (AvgIpc) is 2.96. The summed E-state index contributed by atoms with van der Waals surface area (Å²) >= 11 is 0. The summed E-state index contributed by atoms with van der Waals surface area (Å²) in [6.45, 7) is 3.05. The summed E-state index contributed by atoms with van der Waals surface area (Å²) in [6.07, 6.45) is 1.37. The maximum Gasteiger partial charge on any atom is 0.363 e. The molecule has 27 heavy (non-hydrogen) atoms. The summed E-state index contributed by atoms with van der Waals surface area (Å²) < 4.78 is 10.00. The van der Waals surface area contributed by atoms with Crippen LogP contribution < -0.4 is 4.74 Å². The molecule has 0 saturated heterocycles. The number of nitrogens with zero attached hydrogens (tertiary/aromatic N) is 2. The third-order valence-electron chi connectivity index (χ3n) is 3.62. The van der Waals surface area contributed by atoms with Crippen LogP contribution >= 0.6 is 0 Å². The van der Waals surface area contributed by atoms with Gasteiger partial charge in [-0.15, -0.1) is 0 Å². The SMILES string of the molecule is CC(=O)Oc1ccc(/C=C2\N=C(c3cccc(C)c3)OC2=O)cc1[N+](=O)[O-]. The van der Waals surface area contributed by atoms with Gasteiger partial charge in [-0.2, -0.15) is 0 Å². The second-order valence-corrected chi connectivity index (χ2v) is 5.78. The van der Waals surface area contributed by atoms with Crippen LogP contribution in [0.5, 0.6) is 5.75 Å². The summed E-state index contributed by atoms with van der Waals surface area (Å²) in [7, 11) is 0. The molecule has 8 heteroatoms. The Morgan fingerprint density at radius 3 is 2.70 bits per heavy atom. The van der Waals surface area contributed by atoms with Crippen LogP contribution in [0.1, 0.15) is 23.6 Å². The van der Waals surface area contributed by atoms with Crippen molar-refractivity contribution in [3.8, 4) is 5.75 Å². The second-order valence-electron chi connectivity index (χ2n) is 5.78. The van der Waals surface area contributed by atoms with E-state index in [1.165, 1.54) is 24.3 Å². The molecule has 2 aromatic rings. The van der Waals surface area contributed by atoms with Crippen LogP contribution in [0.2, 0.25) is 0 Å². The molecule has 0 N–H and O–H groups in total. The lowest BCUT2D eigenvalue weighted by Gasteiger charge is -2.03. The van der Waals surface area contributed by atoms with E-state index in [1.807, 2.05) is 25.1 Å². The molecule has 0 amide bonds. The number of esters is 2. The van der Waals surface area contributed by atoms with E-state index < -0.39 is 22.5 Å². The Morgan fingerprint density at radius 1 is 1.26 bits per heavy atom. The van der Waals surface area contributed by atoms with Gasteiger partial charge in [0.15, 0.2) is 5.70 Å². The summed E-state index contributed by atoms with van der Waals surface area (Å²) in [5.74, 6) is -1.33. The summed E-state index contributed by atoms with van der Waals surface area (Å²) in [6, 6.07) is 11.3. The Labute approximate surface area is 153 Å². The van der Waals surface area contributed by atoms with Crippen molar-refractivity contribution in [2.45, 2.75) is 13.8 Å². The third kappa shape index (κ3) is 4.06. The highest BCUT2D eigenvalue weighted by Gasteiger charge is 2.25. The van der Waals surface area contributed by atoms with Crippen LogP contribution in [0.3, 0.4) is 0 Å². The zero-order valence-corrected chi connectivity index (χ0v) is 14.5. The van der Waals surface area contributed by atoms with Crippen LogP contribution in [0.4, 0.5) is 5.69 Å². The van der Waals surface area contributed by atoms with Crippen molar-refractivity contribution in [1.29, 1.82) is 0 Å². The summed E-state index contributed by atoms with van der Waals surface area (Å²) in [5, 5.41) is 11.2. The zero-order chi connectivity index (χ0) is 19.6. The Balaban J connectivity index is 1.96. The van der Waals surface area contributed by atoms with Crippen LogP contribution in [0.15, 0.2) is 53.2 Å². The van der Waals surface area contributed by atoms with Gasteiger partial charge in [-0.1, -0.05) is 23.8 Å². The van der Waals surface area contributed by atoms with Gasteiger partial charge in [0.2, 0.25) is 11.6 Å². The third-order valence-corrected chi connectivity index (χ3v) is 3.62. The lowest BCUT2D eigenvalue weighted by atomic mass is 10.1. The molecule has 1 heterocycles. The van der Waals surface area contributed by atoms with Crippen molar-refractivity contribution in [3.63, 3.8) is 0 Å². The molecule has 0 radical (unpaired) electrons. The van der Waals surface area contributed by atoms with Gasteiger partial charge in [0, 0.05) is 18.6 Å². The largest absolute Gasteiger partial charge is 0.419 e. The minimum atomic E-state index is -0.672. The number of benzene rings is 2. The van der Waals surface area contributed by atoms with Crippen molar-refractivity contribution in [3.05, 3.63) is 75.0 Å². The van der Waals surface area contributed by atoms with Crippen LogP contribution in [-0.2, 0) is 14.3 Å². The quantitative estimate of drug-likeness (QED) is 0.270. The number of aryl methyl sites for hydroxylation is 1. The van der Waals surface area contributed by atoms with Crippen molar-refractivity contribution in [2.24, 2.45) is 4.99 Å². The molecule has 136 valence electrons. The normalized spacial score (nSPS) is 14.7. The van der Waals surface area contributed by atoms with E-state index in [-0.39, 0.29) is 17.3 Å². The number of hydrogen-bond acceptors (Lipinski definition) is 7. The van der Waals surface area contributed by atoms with Gasteiger partial charge in [0.25, 0.3) is 0 Å². The minimum Gasteiger partial charge on any atom is -0.419 e. The Hall–Kier alpha value is -3.81. The highest BCUT2D eigenvalue weighted by molar-refractivity contribution is 6.12. The number of aliphatic imine (C=N–C) groups is 1. The predicted octanol–water partition coefficient (Wildman–Crippen LogP) is 3.17. The summed E-state index contributed by atoms with van der Waals surface area (Å²) in [5.41, 5.74) is 1.61. The van der Waals surface area contributed by atoms with Gasteiger partial charge in [0.1, 0.15) is 0 Å². The number of hydrogen-bond donors (Lipinski definition) is 0. The predicted molar refractivity (Wildman–Crippen MR) is 96.2 cm³/mol. The molecule has 0 atom stereocenters. The molecule has 0 fully saturated rings. The fourth-order valence-corrected chi connectivity index (χ4v) is 2.48. The number of rotatable bonds is 4. The maximum atomic E-state index is 12.1. The van der Waals surface area contributed by atoms with Crippen molar-refractivity contribution >= 4 is 29.6 Å². The Kier molecular flexibility index (Phi) is 4.80. The number of carbonyl (C=O) groups excluding carboxylic acids is 2. The zero-order valence-electron chi connectivity index (χ0n) is 14.5. The monoisotopic (exact) mass is 366 g/mol. The molecular weight excluding hydrogens is 352 g/mol. The van der Waals surface area contributed by atoms with Gasteiger partial charge in [-0.3, -0.25) is 14.9 Å². The van der Waals surface area contributed by atoms with E-state index in [2.05, 4.69) is 4.99 Å². The molecule has 0 unspecified atom stereocenters. The number of nitro benzene ring substituents is 1. The van der Waals surface area contributed by atoms with Gasteiger partial charge in [-0.05, 0) is 36.8 Å². The number of carbonyl (C=O) groups is 2. The topological polar surface area (TPSA) is 108 Å². The highest BCUT2D eigenvalue weighted by Crippen LogP contribution is 2.30. The number of nitro groups is 1. The van der Waals surface area contributed by atoms with Crippen LogP contribution in [0, 0.1) is 17.0 Å². The van der Waals surface area contributed by atoms with E-state index in [0.29, 0.717) is 11.1 Å². The van der Waals surface area contributed by atoms with Crippen LogP contribution in [-0.4, -0.2) is 22.8 Å². The molecular formula is C19H14N2O6. The molecule has 8 nitrogen and oxygen atoms in total. The van der Waals surface area contributed by atoms with Gasteiger partial charge in [0.05, 0.1) is 4.92 Å².